The minimum absolute atomic E-state index is 0. The van der Waals surface area contributed by atoms with Gasteiger partial charge in [-0.2, -0.15) is 0 Å². The Kier molecular flexibility index (Phi) is 5.22. The Morgan fingerprint density at radius 1 is 1.44 bits per heavy atom. The quantitative estimate of drug-likeness (QED) is 0.647. The number of hydrogen-bond donors (Lipinski definition) is 3. The molecule has 0 aromatic heterocycles. The molecule has 0 bridgehead atoms. The van der Waals surface area contributed by atoms with Crippen molar-refractivity contribution in [2.24, 2.45) is 11.1 Å². The van der Waals surface area contributed by atoms with Crippen molar-refractivity contribution in [1.82, 2.24) is 10.6 Å². The highest BCUT2D eigenvalue weighted by atomic mass is 35.5. The van der Waals surface area contributed by atoms with E-state index in [4.69, 9.17) is 5.73 Å². The van der Waals surface area contributed by atoms with E-state index >= 15 is 0 Å². The van der Waals surface area contributed by atoms with E-state index in [0.717, 1.165) is 13.0 Å². The van der Waals surface area contributed by atoms with Crippen molar-refractivity contribution in [3.8, 4) is 0 Å². The molecule has 1 fully saturated rings. The summed E-state index contributed by atoms with van der Waals surface area (Å²) in [6.07, 6.45) is 0.821. The highest BCUT2D eigenvalue weighted by Crippen LogP contribution is 2.19. The third-order valence-corrected chi connectivity index (χ3v) is 2.58. The predicted molar refractivity (Wildman–Crippen MR) is 64.2 cm³/mol. The Morgan fingerprint density at radius 3 is 2.19 bits per heavy atom. The summed E-state index contributed by atoms with van der Waals surface area (Å²) in [6.45, 7) is 6.47. The summed E-state index contributed by atoms with van der Waals surface area (Å²) in [6, 6.07) is -0.776. The summed E-state index contributed by atoms with van der Waals surface area (Å²) in [5.41, 5.74) is 4.90. The number of carbonyl (C=O) groups excluding carboxylic acids is 2. The molecule has 0 spiro atoms. The fourth-order valence-electron chi connectivity index (χ4n) is 1.47. The van der Waals surface area contributed by atoms with Gasteiger partial charge in [-0.1, -0.05) is 20.8 Å². The van der Waals surface area contributed by atoms with Gasteiger partial charge in [0.15, 0.2) is 0 Å². The van der Waals surface area contributed by atoms with Gasteiger partial charge in [-0.3, -0.25) is 9.59 Å². The Balaban J connectivity index is 0.00000225. The second kappa shape index (κ2) is 5.50. The molecule has 1 saturated heterocycles. The molecule has 4 N–H and O–H groups in total. The van der Waals surface area contributed by atoms with Crippen LogP contribution in [0.15, 0.2) is 0 Å². The van der Waals surface area contributed by atoms with Gasteiger partial charge < -0.3 is 16.4 Å². The van der Waals surface area contributed by atoms with E-state index in [-0.39, 0.29) is 29.8 Å². The minimum atomic E-state index is -0.618. The predicted octanol–water partition coefficient (Wildman–Crippen LogP) is -0.214. The lowest BCUT2D eigenvalue weighted by Gasteiger charge is -2.33. The SMILES string of the molecule is CC(C)(C)[C@H](NC(=O)[C@H]1CCN1)C(N)=O.Cl. The van der Waals surface area contributed by atoms with Gasteiger partial charge in [0.2, 0.25) is 11.8 Å². The Labute approximate surface area is 102 Å². The average Bonchev–Trinajstić information content (AvgIpc) is 1.93. The molecule has 2 atom stereocenters. The molecular formula is C10H20ClN3O2. The molecule has 1 aliphatic rings. The molecule has 1 rings (SSSR count). The van der Waals surface area contributed by atoms with Gasteiger partial charge in [-0.05, 0) is 18.4 Å². The van der Waals surface area contributed by atoms with E-state index < -0.39 is 11.9 Å². The van der Waals surface area contributed by atoms with E-state index in [0.29, 0.717) is 0 Å². The van der Waals surface area contributed by atoms with E-state index in [9.17, 15) is 9.59 Å². The normalized spacial score (nSPS) is 21.3. The number of primary amides is 1. The molecule has 6 heteroatoms. The third kappa shape index (κ3) is 3.64. The zero-order valence-corrected chi connectivity index (χ0v) is 10.7. The molecule has 5 nitrogen and oxygen atoms in total. The fourth-order valence-corrected chi connectivity index (χ4v) is 1.47. The molecule has 0 saturated carbocycles. The maximum absolute atomic E-state index is 11.6. The van der Waals surface area contributed by atoms with Crippen LogP contribution in [0, 0.1) is 5.41 Å². The van der Waals surface area contributed by atoms with Gasteiger partial charge in [0, 0.05) is 0 Å². The summed E-state index contributed by atoms with van der Waals surface area (Å²) in [5.74, 6) is -0.629. The highest BCUT2D eigenvalue weighted by molar-refractivity contribution is 5.89. The second-order valence-electron chi connectivity index (χ2n) is 5.01. The summed E-state index contributed by atoms with van der Waals surface area (Å²) >= 11 is 0. The van der Waals surface area contributed by atoms with Crippen LogP contribution in [-0.2, 0) is 9.59 Å². The number of rotatable bonds is 3. The lowest BCUT2D eigenvalue weighted by atomic mass is 9.86. The molecule has 94 valence electrons. The molecule has 0 radical (unpaired) electrons. The maximum atomic E-state index is 11.6. The molecule has 0 aliphatic carbocycles. The average molecular weight is 250 g/mol. The Bertz CT molecular complexity index is 272. The zero-order valence-electron chi connectivity index (χ0n) is 9.87. The van der Waals surface area contributed by atoms with Crippen LogP contribution in [0.1, 0.15) is 27.2 Å². The van der Waals surface area contributed by atoms with Gasteiger partial charge in [0.25, 0.3) is 0 Å². The van der Waals surface area contributed by atoms with Gasteiger partial charge in [-0.15, -0.1) is 12.4 Å². The molecular weight excluding hydrogens is 230 g/mol. The molecule has 1 heterocycles. The minimum Gasteiger partial charge on any atom is -0.368 e. The fraction of sp³-hybridized carbons (Fsp3) is 0.800. The van der Waals surface area contributed by atoms with Crippen LogP contribution in [-0.4, -0.2) is 30.4 Å². The summed E-state index contributed by atoms with van der Waals surface area (Å²) in [5, 5.41) is 5.66. The van der Waals surface area contributed by atoms with Crippen LogP contribution in [0.25, 0.3) is 0 Å². The first-order chi connectivity index (χ1) is 6.82. The van der Waals surface area contributed by atoms with Gasteiger partial charge in [0.05, 0.1) is 6.04 Å². The van der Waals surface area contributed by atoms with Crippen molar-refractivity contribution in [3.05, 3.63) is 0 Å². The smallest absolute Gasteiger partial charge is 0.240 e. The molecule has 2 amide bonds. The van der Waals surface area contributed by atoms with Crippen molar-refractivity contribution in [3.63, 3.8) is 0 Å². The van der Waals surface area contributed by atoms with Crippen LogP contribution in [0.5, 0.6) is 0 Å². The first kappa shape index (κ1) is 15.2. The van der Waals surface area contributed by atoms with Crippen molar-refractivity contribution in [1.29, 1.82) is 0 Å². The molecule has 0 aromatic rings. The van der Waals surface area contributed by atoms with E-state index in [1.165, 1.54) is 0 Å². The number of halogens is 1. The molecule has 0 aromatic carbocycles. The zero-order chi connectivity index (χ0) is 11.6. The lowest BCUT2D eigenvalue weighted by molar-refractivity contribution is -0.131. The van der Waals surface area contributed by atoms with Crippen LogP contribution < -0.4 is 16.4 Å². The third-order valence-electron chi connectivity index (χ3n) is 2.58. The van der Waals surface area contributed by atoms with Crippen molar-refractivity contribution >= 4 is 24.2 Å². The van der Waals surface area contributed by atoms with Gasteiger partial charge >= 0.3 is 0 Å². The number of nitrogens with two attached hydrogens (primary N) is 1. The van der Waals surface area contributed by atoms with E-state index in [2.05, 4.69) is 10.6 Å². The number of carbonyl (C=O) groups is 2. The van der Waals surface area contributed by atoms with E-state index in [1.54, 1.807) is 0 Å². The number of amides is 2. The first-order valence-corrected chi connectivity index (χ1v) is 5.15. The van der Waals surface area contributed by atoms with Gasteiger partial charge in [0.1, 0.15) is 6.04 Å². The summed E-state index contributed by atoms with van der Waals surface area (Å²) in [4.78, 5) is 22.8. The van der Waals surface area contributed by atoms with Crippen molar-refractivity contribution in [2.75, 3.05) is 6.54 Å². The van der Waals surface area contributed by atoms with Crippen LogP contribution in [0.3, 0.4) is 0 Å². The van der Waals surface area contributed by atoms with E-state index in [1.807, 2.05) is 20.8 Å². The lowest BCUT2D eigenvalue weighted by Crippen LogP contribution is -2.59. The summed E-state index contributed by atoms with van der Waals surface area (Å²) < 4.78 is 0. The first-order valence-electron chi connectivity index (χ1n) is 5.15. The number of hydrogen-bond acceptors (Lipinski definition) is 3. The van der Waals surface area contributed by atoms with Crippen LogP contribution >= 0.6 is 12.4 Å². The van der Waals surface area contributed by atoms with Crippen molar-refractivity contribution in [2.45, 2.75) is 39.3 Å². The second-order valence-corrected chi connectivity index (χ2v) is 5.01. The Hall–Kier alpha value is -0.810. The van der Waals surface area contributed by atoms with Crippen LogP contribution in [0.2, 0.25) is 0 Å². The summed E-state index contributed by atoms with van der Waals surface area (Å²) in [7, 11) is 0. The molecule has 0 unspecified atom stereocenters. The topological polar surface area (TPSA) is 84.2 Å². The standard InChI is InChI=1S/C10H19N3O2.ClH/c1-10(2,3)7(8(11)14)13-9(15)6-4-5-12-6;/h6-7,12H,4-5H2,1-3H3,(H2,11,14)(H,13,15);1H/t6-,7-;/m1./s1. The van der Waals surface area contributed by atoms with Crippen LogP contribution in [0.4, 0.5) is 0 Å². The molecule has 16 heavy (non-hydrogen) atoms. The van der Waals surface area contributed by atoms with Crippen molar-refractivity contribution < 1.29 is 9.59 Å². The molecule has 1 aliphatic heterocycles. The highest BCUT2D eigenvalue weighted by Gasteiger charge is 2.34. The monoisotopic (exact) mass is 249 g/mol. The number of nitrogens with one attached hydrogen (secondary N) is 2. The van der Waals surface area contributed by atoms with Gasteiger partial charge in [-0.25, -0.2) is 0 Å². The largest absolute Gasteiger partial charge is 0.368 e. The maximum Gasteiger partial charge on any atom is 0.240 e. The Morgan fingerprint density at radius 2 is 1.94 bits per heavy atom.